The second kappa shape index (κ2) is 5.06. The van der Waals surface area contributed by atoms with Gasteiger partial charge in [0.2, 0.25) is 0 Å². The number of carbonyl (C=O) groups is 1. The highest BCUT2D eigenvalue weighted by Gasteiger charge is 2.15. The maximum Gasteiger partial charge on any atom is 0.196 e. The molecule has 0 amide bonds. The summed E-state index contributed by atoms with van der Waals surface area (Å²) < 4.78 is 0. The van der Waals surface area contributed by atoms with E-state index in [0.29, 0.717) is 16.1 Å². The lowest BCUT2D eigenvalue weighted by atomic mass is 10.0. The van der Waals surface area contributed by atoms with Crippen molar-refractivity contribution in [1.29, 1.82) is 0 Å². The quantitative estimate of drug-likeness (QED) is 0.651. The van der Waals surface area contributed by atoms with E-state index in [1.807, 2.05) is 55.5 Å². The first-order valence-electron chi connectivity index (χ1n) is 6.31. The SMILES string of the molecule is Cc1ccc(C(=O)c2cnc3ccccc3c2Cl)cc1. The molecule has 0 aliphatic rings. The minimum Gasteiger partial charge on any atom is -0.288 e. The van der Waals surface area contributed by atoms with Gasteiger partial charge in [0, 0.05) is 17.1 Å². The molecule has 0 saturated heterocycles. The van der Waals surface area contributed by atoms with Crippen LogP contribution >= 0.6 is 11.6 Å². The molecule has 0 radical (unpaired) electrons. The lowest BCUT2D eigenvalue weighted by Crippen LogP contribution is -2.03. The Balaban J connectivity index is 2.12. The summed E-state index contributed by atoms with van der Waals surface area (Å²) in [5.74, 6) is -0.103. The second-order valence-electron chi connectivity index (χ2n) is 4.70. The van der Waals surface area contributed by atoms with Crippen molar-refractivity contribution >= 4 is 28.3 Å². The molecule has 0 N–H and O–H groups in total. The number of halogens is 1. The molecule has 0 unspecified atom stereocenters. The molecule has 0 bridgehead atoms. The van der Waals surface area contributed by atoms with Crippen molar-refractivity contribution in [2.45, 2.75) is 6.92 Å². The number of ketones is 1. The zero-order valence-electron chi connectivity index (χ0n) is 10.9. The first kappa shape index (κ1) is 12.8. The van der Waals surface area contributed by atoms with E-state index in [4.69, 9.17) is 11.6 Å². The second-order valence-corrected chi connectivity index (χ2v) is 5.08. The monoisotopic (exact) mass is 281 g/mol. The van der Waals surface area contributed by atoms with Crippen LogP contribution in [0.5, 0.6) is 0 Å². The van der Waals surface area contributed by atoms with Gasteiger partial charge in [0.15, 0.2) is 5.78 Å². The normalized spacial score (nSPS) is 10.7. The fourth-order valence-electron chi connectivity index (χ4n) is 2.13. The van der Waals surface area contributed by atoms with Crippen LogP contribution in [0.2, 0.25) is 5.02 Å². The number of hydrogen-bond acceptors (Lipinski definition) is 2. The number of benzene rings is 2. The molecule has 3 aromatic rings. The Morgan fingerprint density at radius 1 is 1.05 bits per heavy atom. The van der Waals surface area contributed by atoms with E-state index in [2.05, 4.69) is 4.98 Å². The van der Waals surface area contributed by atoms with E-state index in [1.54, 1.807) is 6.20 Å². The van der Waals surface area contributed by atoms with Gasteiger partial charge in [-0.15, -0.1) is 0 Å². The molecular formula is C17H12ClNO. The first-order chi connectivity index (χ1) is 9.66. The number of pyridine rings is 1. The van der Waals surface area contributed by atoms with Gasteiger partial charge in [-0.05, 0) is 13.0 Å². The zero-order chi connectivity index (χ0) is 14.1. The molecule has 0 fully saturated rings. The van der Waals surface area contributed by atoms with E-state index in [-0.39, 0.29) is 5.78 Å². The molecule has 0 saturated carbocycles. The summed E-state index contributed by atoms with van der Waals surface area (Å²) >= 11 is 6.36. The van der Waals surface area contributed by atoms with Crippen LogP contribution in [0.3, 0.4) is 0 Å². The van der Waals surface area contributed by atoms with Crippen LogP contribution in [0.1, 0.15) is 21.5 Å². The summed E-state index contributed by atoms with van der Waals surface area (Å²) in [4.78, 5) is 16.8. The highest BCUT2D eigenvalue weighted by atomic mass is 35.5. The Morgan fingerprint density at radius 2 is 1.75 bits per heavy atom. The van der Waals surface area contributed by atoms with E-state index < -0.39 is 0 Å². The van der Waals surface area contributed by atoms with Crippen molar-refractivity contribution in [2.24, 2.45) is 0 Å². The van der Waals surface area contributed by atoms with Crippen LogP contribution in [0.4, 0.5) is 0 Å². The van der Waals surface area contributed by atoms with Crippen LogP contribution < -0.4 is 0 Å². The summed E-state index contributed by atoms with van der Waals surface area (Å²) in [6, 6.07) is 15.0. The molecule has 98 valence electrons. The third kappa shape index (κ3) is 2.19. The number of para-hydroxylation sites is 1. The van der Waals surface area contributed by atoms with Gasteiger partial charge >= 0.3 is 0 Å². The zero-order valence-corrected chi connectivity index (χ0v) is 11.7. The van der Waals surface area contributed by atoms with E-state index >= 15 is 0 Å². The third-order valence-electron chi connectivity index (χ3n) is 3.27. The van der Waals surface area contributed by atoms with Gasteiger partial charge in [0.05, 0.1) is 16.1 Å². The first-order valence-corrected chi connectivity index (χ1v) is 6.69. The van der Waals surface area contributed by atoms with Crippen molar-refractivity contribution in [3.63, 3.8) is 0 Å². The molecule has 0 atom stereocenters. The van der Waals surface area contributed by atoms with Gasteiger partial charge in [0.1, 0.15) is 0 Å². The summed E-state index contributed by atoms with van der Waals surface area (Å²) in [5, 5.41) is 1.26. The molecular weight excluding hydrogens is 270 g/mol. The van der Waals surface area contributed by atoms with Crippen molar-refractivity contribution in [1.82, 2.24) is 4.98 Å². The van der Waals surface area contributed by atoms with Crippen LogP contribution in [-0.2, 0) is 0 Å². The Bertz CT molecular complexity index is 794. The minimum atomic E-state index is -0.103. The maximum atomic E-state index is 12.5. The molecule has 2 nitrogen and oxygen atoms in total. The van der Waals surface area contributed by atoms with Gasteiger partial charge < -0.3 is 0 Å². The van der Waals surface area contributed by atoms with Crippen molar-refractivity contribution in [3.8, 4) is 0 Å². The molecule has 2 aromatic carbocycles. The molecule has 20 heavy (non-hydrogen) atoms. The van der Waals surface area contributed by atoms with Crippen molar-refractivity contribution in [2.75, 3.05) is 0 Å². The smallest absolute Gasteiger partial charge is 0.196 e. The van der Waals surface area contributed by atoms with Gasteiger partial charge in [0.25, 0.3) is 0 Å². The largest absolute Gasteiger partial charge is 0.288 e. The lowest BCUT2D eigenvalue weighted by Gasteiger charge is -2.06. The number of nitrogens with zero attached hydrogens (tertiary/aromatic N) is 1. The molecule has 0 aliphatic heterocycles. The van der Waals surface area contributed by atoms with Crippen LogP contribution in [0.15, 0.2) is 54.7 Å². The highest BCUT2D eigenvalue weighted by Crippen LogP contribution is 2.27. The van der Waals surface area contributed by atoms with E-state index in [1.165, 1.54) is 0 Å². The number of rotatable bonds is 2. The van der Waals surface area contributed by atoms with Crippen molar-refractivity contribution in [3.05, 3.63) is 76.4 Å². The summed E-state index contributed by atoms with van der Waals surface area (Å²) in [6.45, 7) is 1.98. The van der Waals surface area contributed by atoms with E-state index in [0.717, 1.165) is 16.5 Å². The fourth-order valence-corrected chi connectivity index (χ4v) is 2.42. The Hall–Kier alpha value is -2.19. The molecule has 0 aliphatic carbocycles. The lowest BCUT2D eigenvalue weighted by molar-refractivity contribution is 0.103. The average Bonchev–Trinajstić information content (AvgIpc) is 2.48. The molecule has 3 heteroatoms. The summed E-state index contributed by atoms with van der Waals surface area (Å²) in [5.41, 5.74) is 2.96. The number of aryl methyl sites for hydroxylation is 1. The highest BCUT2D eigenvalue weighted by molar-refractivity contribution is 6.39. The van der Waals surface area contributed by atoms with Gasteiger partial charge in [-0.3, -0.25) is 9.78 Å². The predicted octanol–water partition coefficient (Wildman–Crippen LogP) is 4.43. The number of aromatic nitrogens is 1. The summed E-state index contributed by atoms with van der Waals surface area (Å²) in [6.07, 6.45) is 1.55. The van der Waals surface area contributed by atoms with Gasteiger partial charge in [-0.25, -0.2) is 0 Å². The number of hydrogen-bond donors (Lipinski definition) is 0. The fraction of sp³-hybridized carbons (Fsp3) is 0.0588. The molecule has 0 spiro atoms. The van der Waals surface area contributed by atoms with Crippen LogP contribution in [0, 0.1) is 6.92 Å². The Labute approximate surface area is 122 Å². The maximum absolute atomic E-state index is 12.5. The standard InChI is InChI=1S/C17H12ClNO/c1-11-6-8-12(9-7-11)17(20)14-10-19-15-5-3-2-4-13(15)16(14)18/h2-10H,1H3. The molecule has 1 aromatic heterocycles. The van der Waals surface area contributed by atoms with Crippen molar-refractivity contribution < 1.29 is 4.79 Å². The van der Waals surface area contributed by atoms with Gasteiger partial charge in [-0.1, -0.05) is 59.6 Å². The molecule has 1 heterocycles. The Morgan fingerprint density at radius 3 is 2.50 bits per heavy atom. The van der Waals surface area contributed by atoms with Crippen LogP contribution in [-0.4, -0.2) is 10.8 Å². The molecule has 3 rings (SSSR count). The summed E-state index contributed by atoms with van der Waals surface area (Å²) in [7, 11) is 0. The average molecular weight is 282 g/mol. The van der Waals surface area contributed by atoms with Crippen LogP contribution in [0.25, 0.3) is 10.9 Å². The minimum absolute atomic E-state index is 0.103. The van der Waals surface area contributed by atoms with E-state index in [9.17, 15) is 4.79 Å². The van der Waals surface area contributed by atoms with Gasteiger partial charge in [-0.2, -0.15) is 0 Å². The Kier molecular flexibility index (Phi) is 3.25. The number of carbonyl (C=O) groups excluding carboxylic acids is 1. The third-order valence-corrected chi connectivity index (χ3v) is 3.68. The predicted molar refractivity (Wildman–Crippen MR) is 81.4 cm³/mol. The number of fused-ring (bicyclic) bond motifs is 1. The topological polar surface area (TPSA) is 30.0 Å².